The summed E-state index contributed by atoms with van der Waals surface area (Å²) in [6, 6.07) is 9.64. The van der Waals surface area contributed by atoms with Crippen LogP contribution in [0.15, 0.2) is 34.9 Å². The number of likely N-dealkylation sites (tertiary alicyclic amines) is 1. The molecule has 0 radical (unpaired) electrons. The second-order valence-electron chi connectivity index (χ2n) is 5.29. The van der Waals surface area contributed by atoms with Crippen LogP contribution in [0.5, 0.6) is 0 Å². The normalized spacial score (nSPS) is 18.6. The minimum Gasteiger partial charge on any atom is -0.481 e. The molecule has 1 atom stereocenters. The Morgan fingerprint density at radius 2 is 2.14 bits per heavy atom. The van der Waals surface area contributed by atoms with Crippen LogP contribution in [0.25, 0.3) is 11.4 Å². The van der Waals surface area contributed by atoms with Crippen LogP contribution in [0.2, 0.25) is 0 Å². The third-order valence-corrected chi connectivity index (χ3v) is 3.71. The zero-order valence-corrected chi connectivity index (χ0v) is 12.8. The summed E-state index contributed by atoms with van der Waals surface area (Å²) in [4.78, 5) is 17.5. The summed E-state index contributed by atoms with van der Waals surface area (Å²) in [6.07, 6.45) is 1.63. The predicted octanol–water partition coefficient (Wildman–Crippen LogP) is 2.46. The number of piperidine rings is 1. The van der Waals surface area contributed by atoms with Gasteiger partial charge in [-0.15, -0.1) is 12.4 Å². The Kier molecular flexibility index (Phi) is 5.51. The van der Waals surface area contributed by atoms with Gasteiger partial charge in [0.15, 0.2) is 0 Å². The largest absolute Gasteiger partial charge is 0.481 e. The molecule has 1 unspecified atom stereocenters. The first-order chi connectivity index (χ1) is 10.2. The van der Waals surface area contributed by atoms with E-state index in [1.54, 1.807) is 0 Å². The highest BCUT2D eigenvalue weighted by Gasteiger charge is 2.26. The second-order valence-corrected chi connectivity index (χ2v) is 5.29. The van der Waals surface area contributed by atoms with Gasteiger partial charge in [0.2, 0.25) is 11.7 Å². The minimum atomic E-state index is -0.727. The fourth-order valence-electron chi connectivity index (χ4n) is 2.62. The Morgan fingerprint density at radius 1 is 1.36 bits per heavy atom. The molecule has 3 rings (SSSR count). The van der Waals surface area contributed by atoms with Crippen LogP contribution in [-0.4, -0.2) is 39.2 Å². The molecule has 118 valence electrons. The Labute approximate surface area is 134 Å². The van der Waals surface area contributed by atoms with Gasteiger partial charge in [0.25, 0.3) is 0 Å². The molecular formula is C15H18ClN3O3. The van der Waals surface area contributed by atoms with E-state index in [0.717, 1.165) is 24.9 Å². The Morgan fingerprint density at radius 3 is 2.86 bits per heavy atom. The highest BCUT2D eigenvalue weighted by molar-refractivity contribution is 5.85. The number of aliphatic carboxylic acids is 1. The van der Waals surface area contributed by atoms with E-state index in [-0.39, 0.29) is 18.3 Å². The Hall–Kier alpha value is -1.92. The molecule has 1 aromatic carbocycles. The predicted molar refractivity (Wildman–Crippen MR) is 82.6 cm³/mol. The summed E-state index contributed by atoms with van der Waals surface area (Å²) in [5.41, 5.74) is 0.912. The van der Waals surface area contributed by atoms with E-state index >= 15 is 0 Å². The second kappa shape index (κ2) is 7.38. The van der Waals surface area contributed by atoms with Gasteiger partial charge in [0, 0.05) is 12.1 Å². The number of carbonyl (C=O) groups is 1. The summed E-state index contributed by atoms with van der Waals surface area (Å²) >= 11 is 0. The first-order valence-corrected chi connectivity index (χ1v) is 7.05. The maximum Gasteiger partial charge on any atom is 0.307 e. The van der Waals surface area contributed by atoms with E-state index in [1.165, 1.54) is 0 Å². The maximum atomic E-state index is 11.1. The van der Waals surface area contributed by atoms with Crippen molar-refractivity contribution in [3.05, 3.63) is 36.2 Å². The van der Waals surface area contributed by atoms with Crippen molar-refractivity contribution >= 4 is 18.4 Å². The summed E-state index contributed by atoms with van der Waals surface area (Å²) in [5, 5.41) is 13.1. The van der Waals surface area contributed by atoms with Gasteiger partial charge in [-0.3, -0.25) is 9.69 Å². The number of halogens is 1. The van der Waals surface area contributed by atoms with E-state index in [1.807, 2.05) is 30.3 Å². The molecule has 0 spiro atoms. The molecule has 22 heavy (non-hydrogen) atoms. The summed E-state index contributed by atoms with van der Waals surface area (Å²) < 4.78 is 5.27. The lowest BCUT2D eigenvalue weighted by Crippen LogP contribution is -2.38. The number of hydrogen-bond donors (Lipinski definition) is 1. The number of benzene rings is 1. The number of aromatic nitrogens is 2. The van der Waals surface area contributed by atoms with E-state index in [9.17, 15) is 4.79 Å². The van der Waals surface area contributed by atoms with Crippen LogP contribution in [0.3, 0.4) is 0 Å². The third kappa shape index (κ3) is 3.84. The summed E-state index contributed by atoms with van der Waals surface area (Å²) in [5.74, 6) is 0.0720. The van der Waals surface area contributed by atoms with Gasteiger partial charge in [-0.25, -0.2) is 0 Å². The quantitative estimate of drug-likeness (QED) is 0.931. The molecule has 1 fully saturated rings. The highest BCUT2D eigenvalue weighted by Crippen LogP contribution is 2.20. The van der Waals surface area contributed by atoms with Crippen LogP contribution >= 0.6 is 12.4 Å². The highest BCUT2D eigenvalue weighted by atomic mass is 35.5. The standard InChI is InChI=1S/C15H17N3O3.ClH/c19-15(20)12-7-4-8-18(9-12)10-13-16-14(17-21-13)11-5-2-1-3-6-11;/h1-3,5-6,12H,4,7-10H2,(H,19,20);1H. The molecule has 2 aromatic rings. The van der Waals surface area contributed by atoms with Crippen LogP contribution in [0.1, 0.15) is 18.7 Å². The van der Waals surface area contributed by atoms with Gasteiger partial charge in [-0.1, -0.05) is 35.5 Å². The molecule has 1 aliphatic heterocycles. The molecule has 1 aromatic heterocycles. The number of nitrogens with zero attached hydrogens (tertiary/aromatic N) is 3. The fraction of sp³-hybridized carbons (Fsp3) is 0.400. The Bertz CT molecular complexity index is 618. The van der Waals surface area contributed by atoms with Crippen molar-refractivity contribution in [3.63, 3.8) is 0 Å². The van der Waals surface area contributed by atoms with E-state index in [0.29, 0.717) is 24.8 Å². The average molecular weight is 324 g/mol. The van der Waals surface area contributed by atoms with Gasteiger partial charge in [-0.05, 0) is 19.4 Å². The molecule has 1 N–H and O–H groups in total. The van der Waals surface area contributed by atoms with E-state index < -0.39 is 5.97 Å². The van der Waals surface area contributed by atoms with Gasteiger partial charge in [0.05, 0.1) is 12.5 Å². The van der Waals surface area contributed by atoms with E-state index in [2.05, 4.69) is 15.0 Å². The molecule has 0 aliphatic carbocycles. The monoisotopic (exact) mass is 323 g/mol. The first-order valence-electron chi connectivity index (χ1n) is 7.05. The van der Waals surface area contributed by atoms with Crippen molar-refractivity contribution in [1.29, 1.82) is 0 Å². The summed E-state index contributed by atoms with van der Waals surface area (Å²) in [6.45, 7) is 1.91. The minimum absolute atomic E-state index is 0. The van der Waals surface area contributed by atoms with Crippen LogP contribution in [0, 0.1) is 5.92 Å². The van der Waals surface area contributed by atoms with Crippen molar-refractivity contribution in [1.82, 2.24) is 15.0 Å². The lowest BCUT2D eigenvalue weighted by Gasteiger charge is -2.29. The zero-order valence-electron chi connectivity index (χ0n) is 12.0. The van der Waals surface area contributed by atoms with Crippen LogP contribution in [-0.2, 0) is 11.3 Å². The summed E-state index contributed by atoms with van der Waals surface area (Å²) in [7, 11) is 0. The van der Waals surface area contributed by atoms with Crippen molar-refractivity contribution in [2.24, 2.45) is 5.92 Å². The van der Waals surface area contributed by atoms with Gasteiger partial charge in [-0.2, -0.15) is 4.98 Å². The Balaban J connectivity index is 0.00000176. The molecule has 0 amide bonds. The first kappa shape index (κ1) is 16.5. The molecule has 2 heterocycles. The van der Waals surface area contributed by atoms with Crippen molar-refractivity contribution < 1.29 is 14.4 Å². The number of carboxylic acid groups (broad SMARTS) is 1. The lowest BCUT2D eigenvalue weighted by atomic mass is 9.98. The maximum absolute atomic E-state index is 11.1. The molecular weight excluding hydrogens is 306 g/mol. The van der Waals surface area contributed by atoms with Gasteiger partial charge < -0.3 is 9.63 Å². The molecule has 7 heteroatoms. The van der Waals surface area contributed by atoms with Crippen molar-refractivity contribution in [2.45, 2.75) is 19.4 Å². The van der Waals surface area contributed by atoms with E-state index in [4.69, 9.17) is 9.63 Å². The van der Waals surface area contributed by atoms with Crippen molar-refractivity contribution in [2.75, 3.05) is 13.1 Å². The van der Waals surface area contributed by atoms with Gasteiger partial charge >= 0.3 is 5.97 Å². The number of rotatable bonds is 4. The topological polar surface area (TPSA) is 79.5 Å². The number of hydrogen-bond acceptors (Lipinski definition) is 5. The lowest BCUT2D eigenvalue weighted by molar-refractivity contribution is -0.143. The number of carboxylic acids is 1. The van der Waals surface area contributed by atoms with Gasteiger partial charge in [0.1, 0.15) is 0 Å². The fourth-order valence-corrected chi connectivity index (χ4v) is 2.62. The molecule has 6 nitrogen and oxygen atoms in total. The average Bonchev–Trinajstić information content (AvgIpc) is 2.97. The zero-order chi connectivity index (χ0) is 14.7. The third-order valence-electron chi connectivity index (χ3n) is 3.71. The van der Waals surface area contributed by atoms with Crippen molar-refractivity contribution in [3.8, 4) is 11.4 Å². The molecule has 1 saturated heterocycles. The SMILES string of the molecule is Cl.O=C(O)C1CCCN(Cc2nc(-c3ccccc3)no2)C1. The molecule has 1 aliphatic rings. The van der Waals surface area contributed by atoms with Crippen LogP contribution < -0.4 is 0 Å². The van der Waals surface area contributed by atoms with Crippen LogP contribution in [0.4, 0.5) is 0 Å². The molecule has 0 bridgehead atoms. The smallest absolute Gasteiger partial charge is 0.307 e. The molecule has 0 saturated carbocycles.